The van der Waals surface area contributed by atoms with Crippen molar-refractivity contribution in [2.75, 3.05) is 18.0 Å². The number of benzene rings is 1. The molecule has 0 saturated carbocycles. The van der Waals surface area contributed by atoms with E-state index >= 15 is 0 Å². The fourth-order valence-corrected chi connectivity index (χ4v) is 2.87. The second-order valence-corrected chi connectivity index (χ2v) is 7.87. The van der Waals surface area contributed by atoms with E-state index in [1.54, 1.807) is 0 Å². The van der Waals surface area contributed by atoms with Crippen LogP contribution in [0.4, 0.5) is 5.95 Å². The molecular weight excluding hydrogens is 368 g/mol. The molecule has 2 heterocycles. The van der Waals surface area contributed by atoms with Gasteiger partial charge in [-0.25, -0.2) is 10.5 Å². The first-order valence-electron chi connectivity index (χ1n) is 8.37. The average molecular weight is 390 g/mol. The Bertz CT molecular complexity index is 859. The summed E-state index contributed by atoms with van der Waals surface area (Å²) >= 11 is 1.25. The lowest BCUT2D eigenvalue weighted by atomic mass is 10.1. The molecule has 0 spiro atoms. The molecule has 3 N–H and O–H groups in total. The molecule has 0 fully saturated rings. The highest BCUT2D eigenvalue weighted by Crippen LogP contribution is 2.32. The minimum atomic E-state index is -0.260. The molecule has 0 bridgehead atoms. The normalized spacial score (nSPS) is 13.6. The summed E-state index contributed by atoms with van der Waals surface area (Å²) < 4.78 is 10.7. The Kier molecular flexibility index (Phi) is 5.54. The minimum absolute atomic E-state index is 0.0662. The molecule has 27 heavy (non-hydrogen) atoms. The van der Waals surface area contributed by atoms with Gasteiger partial charge in [0.1, 0.15) is 0 Å². The van der Waals surface area contributed by atoms with Gasteiger partial charge >= 0.3 is 0 Å². The van der Waals surface area contributed by atoms with Crippen LogP contribution in [0.2, 0.25) is 0 Å². The van der Waals surface area contributed by atoms with Gasteiger partial charge in [-0.2, -0.15) is 10.1 Å². The summed E-state index contributed by atoms with van der Waals surface area (Å²) in [7, 11) is 0. The Labute approximate surface area is 161 Å². The molecular formula is C17H22N6O3S. The number of amides is 1. The maximum absolute atomic E-state index is 11.8. The van der Waals surface area contributed by atoms with Gasteiger partial charge < -0.3 is 14.8 Å². The maximum atomic E-state index is 11.8. The molecule has 0 unspecified atom stereocenters. The van der Waals surface area contributed by atoms with Crippen LogP contribution in [-0.4, -0.2) is 44.9 Å². The van der Waals surface area contributed by atoms with E-state index in [9.17, 15) is 4.79 Å². The zero-order valence-electron chi connectivity index (χ0n) is 15.6. The van der Waals surface area contributed by atoms with Gasteiger partial charge in [-0.05, 0) is 45.9 Å². The van der Waals surface area contributed by atoms with Crippen LogP contribution in [0.5, 0.6) is 11.5 Å². The lowest BCUT2D eigenvalue weighted by Crippen LogP contribution is -2.41. The molecule has 9 nitrogen and oxygen atoms in total. The predicted octanol–water partition coefficient (Wildman–Crippen LogP) is 2.38. The number of hydrazone groups is 1. The van der Waals surface area contributed by atoms with Crippen molar-refractivity contribution in [2.45, 2.75) is 38.4 Å². The zero-order chi connectivity index (χ0) is 19.4. The second kappa shape index (κ2) is 7.87. The minimum Gasteiger partial charge on any atom is -0.454 e. The van der Waals surface area contributed by atoms with Gasteiger partial charge in [0.25, 0.3) is 0 Å². The highest BCUT2D eigenvalue weighted by molar-refractivity contribution is 7.99. The zero-order valence-corrected chi connectivity index (χ0v) is 16.4. The number of aromatic amines is 1. The third-order valence-corrected chi connectivity index (χ3v) is 4.28. The molecule has 10 heteroatoms. The van der Waals surface area contributed by atoms with Crippen LogP contribution in [0.15, 0.2) is 28.5 Å². The summed E-state index contributed by atoms with van der Waals surface area (Å²) in [6.07, 6.45) is 0. The van der Waals surface area contributed by atoms with Crippen LogP contribution in [0.1, 0.15) is 33.3 Å². The third kappa shape index (κ3) is 5.36. The highest BCUT2D eigenvalue weighted by atomic mass is 32.2. The van der Waals surface area contributed by atoms with Crippen molar-refractivity contribution in [3.05, 3.63) is 23.8 Å². The number of anilines is 1. The summed E-state index contributed by atoms with van der Waals surface area (Å²) in [6.45, 7) is 7.91. The summed E-state index contributed by atoms with van der Waals surface area (Å²) in [6, 6.07) is 5.63. The Morgan fingerprint density at radius 2 is 2.11 bits per heavy atom. The Morgan fingerprint density at radius 1 is 1.33 bits per heavy atom. The molecule has 0 atom stereocenters. The standard InChI is InChI=1S/C17H22N6O3S/c1-10(11-5-6-12-13(7-11)26-9-25-12)20-21-15-18-16(23-22-15)27-8-14(24)19-17(2,3)4/h5-7H,8-9H2,1-4H3,(H,19,24)(H2,18,21,22,23)/b20-10+. The molecule has 1 aliphatic heterocycles. The van der Waals surface area contributed by atoms with E-state index < -0.39 is 0 Å². The number of rotatable bonds is 6. The highest BCUT2D eigenvalue weighted by Gasteiger charge is 2.15. The van der Waals surface area contributed by atoms with E-state index in [1.807, 2.05) is 45.9 Å². The molecule has 0 radical (unpaired) electrons. The number of thioether (sulfide) groups is 1. The summed E-state index contributed by atoms with van der Waals surface area (Å²) in [5.41, 5.74) is 4.23. The summed E-state index contributed by atoms with van der Waals surface area (Å²) in [5, 5.41) is 14.5. The van der Waals surface area contributed by atoms with Crippen molar-refractivity contribution in [3.8, 4) is 11.5 Å². The monoisotopic (exact) mass is 390 g/mol. The van der Waals surface area contributed by atoms with Crippen molar-refractivity contribution in [3.63, 3.8) is 0 Å². The van der Waals surface area contributed by atoms with Gasteiger partial charge in [-0.3, -0.25) is 4.79 Å². The topological polar surface area (TPSA) is 114 Å². The number of fused-ring (bicyclic) bond motifs is 1. The quantitative estimate of drug-likeness (QED) is 0.394. The first kappa shape index (κ1) is 19.0. The van der Waals surface area contributed by atoms with E-state index in [1.165, 1.54) is 11.8 Å². The molecule has 1 aliphatic rings. The lowest BCUT2D eigenvalue weighted by molar-refractivity contribution is -0.119. The van der Waals surface area contributed by atoms with Crippen LogP contribution in [0.25, 0.3) is 0 Å². The van der Waals surface area contributed by atoms with Crippen LogP contribution in [0.3, 0.4) is 0 Å². The Balaban J connectivity index is 1.54. The average Bonchev–Trinajstić information content (AvgIpc) is 3.24. The number of H-pyrrole nitrogens is 1. The van der Waals surface area contributed by atoms with Gasteiger partial charge in [0.05, 0.1) is 11.5 Å². The van der Waals surface area contributed by atoms with Crippen molar-refractivity contribution >= 4 is 29.3 Å². The molecule has 2 aromatic rings. The third-order valence-electron chi connectivity index (χ3n) is 3.43. The molecule has 0 saturated heterocycles. The van der Waals surface area contributed by atoms with E-state index in [0.29, 0.717) is 16.9 Å². The number of hydrogen-bond donors (Lipinski definition) is 3. The lowest BCUT2D eigenvalue weighted by Gasteiger charge is -2.19. The molecule has 3 rings (SSSR count). The summed E-state index contributed by atoms with van der Waals surface area (Å²) in [4.78, 5) is 16.1. The predicted molar refractivity (Wildman–Crippen MR) is 103 cm³/mol. The van der Waals surface area contributed by atoms with E-state index in [0.717, 1.165) is 17.0 Å². The van der Waals surface area contributed by atoms with Crippen LogP contribution in [0, 0.1) is 0 Å². The Morgan fingerprint density at radius 3 is 2.89 bits per heavy atom. The van der Waals surface area contributed by atoms with Gasteiger partial charge in [-0.15, -0.1) is 5.10 Å². The van der Waals surface area contributed by atoms with E-state index in [4.69, 9.17) is 9.47 Å². The molecule has 1 aromatic carbocycles. The fraction of sp³-hybridized carbons (Fsp3) is 0.412. The number of nitrogens with one attached hydrogen (secondary N) is 3. The second-order valence-electron chi connectivity index (χ2n) is 6.93. The molecule has 1 amide bonds. The van der Waals surface area contributed by atoms with Gasteiger partial charge in [0.15, 0.2) is 11.5 Å². The van der Waals surface area contributed by atoms with Gasteiger partial charge in [0.2, 0.25) is 23.8 Å². The number of carbonyl (C=O) groups is 1. The maximum Gasteiger partial charge on any atom is 0.240 e. The van der Waals surface area contributed by atoms with Crippen molar-refractivity contribution < 1.29 is 14.3 Å². The number of aromatic nitrogens is 3. The van der Waals surface area contributed by atoms with E-state index in [2.05, 4.69) is 31.0 Å². The molecule has 1 aromatic heterocycles. The van der Waals surface area contributed by atoms with Crippen molar-refractivity contribution in [1.82, 2.24) is 20.5 Å². The smallest absolute Gasteiger partial charge is 0.240 e. The summed E-state index contributed by atoms with van der Waals surface area (Å²) in [5.74, 6) is 2.01. The SMILES string of the molecule is C/C(=N\Nc1nc(SCC(=O)NC(C)(C)C)n[nH]1)c1ccc2c(c1)OCO2. The van der Waals surface area contributed by atoms with Gasteiger partial charge in [-0.1, -0.05) is 11.8 Å². The largest absolute Gasteiger partial charge is 0.454 e. The van der Waals surface area contributed by atoms with Crippen molar-refractivity contribution in [1.29, 1.82) is 0 Å². The molecule has 144 valence electrons. The number of ether oxygens (including phenoxy) is 2. The number of carbonyl (C=O) groups excluding carboxylic acids is 1. The van der Waals surface area contributed by atoms with Crippen LogP contribution >= 0.6 is 11.8 Å². The van der Waals surface area contributed by atoms with Crippen LogP contribution < -0.4 is 20.2 Å². The van der Waals surface area contributed by atoms with Crippen LogP contribution in [-0.2, 0) is 4.79 Å². The van der Waals surface area contributed by atoms with Gasteiger partial charge in [0, 0.05) is 11.1 Å². The molecule has 0 aliphatic carbocycles. The first-order valence-corrected chi connectivity index (χ1v) is 9.35. The van der Waals surface area contributed by atoms with E-state index in [-0.39, 0.29) is 24.0 Å². The number of hydrogen-bond acceptors (Lipinski definition) is 8. The first-order chi connectivity index (χ1) is 12.8. The van der Waals surface area contributed by atoms with Crippen molar-refractivity contribution in [2.24, 2.45) is 5.10 Å². The number of nitrogens with zero attached hydrogens (tertiary/aromatic N) is 3. The Hall–Kier alpha value is -2.75. The fourth-order valence-electron chi connectivity index (χ4n) is 2.27.